The third-order valence-corrected chi connectivity index (χ3v) is 7.34. The van der Waals surface area contributed by atoms with Gasteiger partial charge in [0.2, 0.25) is 0 Å². The van der Waals surface area contributed by atoms with Gasteiger partial charge in [-0.15, -0.1) is 0 Å². The van der Waals surface area contributed by atoms with Crippen LogP contribution in [0.2, 0.25) is 0 Å². The van der Waals surface area contributed by atoms with Crippen molar-refractivity contribution in [1.82, 2.24) is 0 Å². The van der Waals surface area contributed by atoms with Gasteiger partial charge < -0.3 is 9.84 Å². The minimum atomic E-state index is -1.24. The molecule has 5 aromatic rings. The van der Waals surface area contributed by atoms with Gasteiger partial charge in [0.05, 0.1) is 0 Å². The van der Waals surface area contributed by atoms with Crippen LogP contribution in [0.25, 0.3) is 34.3 Å². The maximum atomic E-state index is 11.2. The summed E-state index contributed by atoms with van der Waals surface area (Å²) >= 11 is 0. The largest absolute Gasteiger partial charge is 0.477 e. The molecule has 6 rings (SSSR count). The van der Waals surface area contributed by atoms with E-state index >= 15 is 0 Å². The fourth-order valence-electron chi connectivity index (χ4n) is 5.15. The van der Waals surface area contributed by atoms with Crippen LogP contribution in [0, 0.1) is 11.3 Å². The molecule has 0 fully saturated rings. The first-order valence-corrected chi connectivity index (χ1v) is 14.2. The first kappa shape index (κ1) is 28.0. The lowest BCUT2D eigenvalue weighted by Crippen LogP contribution is -2.02. The Bertz CT molecular complexity index is 1900. The third-order valence-electron chi connectivity index (χ3n) is 7.34. The van der Waals surface area contributed by atoms with Crippen molar-refractivity contribution in [2.45, 2.75) is 0 Å². The maximum Gasteiger partial charge on any atom is 0.346 e. The van der Waals surface area contributed by atoms with E-state index in [9.17, 15) is 4.79 Å². The summed E-state index contributed by atoms with van der Waals surface area (Å²) < 4.78 is 6.48. The van der Waals surface area contributed by atoms with E-state index in [-0.39, 0.29) is 5.57 Å². The summed E-state index contributed by atoms with van der Waals surface area (Å²) in [6.07, 6.45) is 5.59. The van der Waals surface area contributed by atoms with E-state index in [1.54, 1.807) is 6.07 Å². The molecule has 5 aromatic carbocycles. The highest BCUT2D eigenvalue weighted by molar-refractivity contribution is 5.96. The van der Waals surface area contributed by atoms with Crippen molar-refractivity contribution >= 4 is 29.1 Å². The zero-order chi connectivity index (χ0) is 30.3. The van der Waals surface area contributed by atoms with Gasteiger partial charge in [0.1, 0.15) is 23.2 Å². The second-order valence-corrected chi connectivity index (χ2v) is 10.2. The van der Waals surface area contributed by atoms with Crippen LogP contribution in [0.5, 0.6) is 0 Å². The minimum absolute atomic E-state index is 0.300. The van der Waals surface area contributed by atoms with Gasteiger partial charge >= 0.3 is 5.97 Å². The average molecular weight is 570 g/mol. The number of nitrogens with zero attached hydrogens (tertiary/aromatic N) is 1. The van der Waals surface area contributed by atoms with E-state index in [1.807, 2.05) is 78.9 Å². The quantitative estimate of drug-likeness (QED) is 0.157. The Labute approximate surface area is 256 Å². The zero-order valence-electron chi connectivity index (χ0n) is 23.7. The summed E-state index contributed by atoms with van der Waals surface area (Å²) in [6.45, 7) is 0. The lowest BCUT2D eigenvalue weighted by Gasteiger charge is -2.22. The van der Waals surface area contributed by atoms with E-state index < -0.39 is 5.97 Å². The molecular formula is C40H27NO3. The Morgan fingerprint density at radius 1 is 0.591 bits per heavy atom. The molecule has 0 bridgehead atoms. The summed E-state index contributed by atoms with van der Waals surface area (Å²) in [6, 6.07) is 48.2. The van der Waals surface area contributed by atoms with Gasteiger partial charge in [0, 0.05) is 11.1 Å². The van der Waals surface area contributed by atoms with E-state index in [0.717, 1.165) is 56.0 Å². The molecule has 0 aromatic heterocycles. The highest BCUT2D eigenvalue weighted by atomic mass is 16.5. The molecule has 0 aliphatic carbocycles. The molecule has 0 atom stereocenters. The second kappa shape index (κ2) is 12.8. The monoisotopic (exact) mass is 569 g/mol. The number of allylic oxidation sites excluding steroid dienone is 3. The Balaban J connectivity index is 1.44. The molecule has 1 aliphatic rings. The number of carbonyl (C=O) groups is 1. The van der Waals surface area contributed by atoms with Crippen molar-refractivity contribution in [2.24, 2.45) is 0 Å². The summed E-state index contributed by atoms with van der Waals surface area (Å²) in [5.74, 6) is 0.323. The second-order valence-electron chi connectivity index (χ2n) is 10.2. The number of benzene rings is 5. The lowest BCUT2D eigenvalue weighted by molar-refractivity contribution is -0.132. The van der Waals surface area contributed by atoms with Crippen molar-refractivity contribution < 1.29 is 14.6 Å². The van der Waals surface area contributed by atoms with Crippen LogP contribution in [0.15, 0.2) is 163 Å². The number of hydrogen-bond acceptors (Lipinski definition) is 3. The minimum Gasteiger partial charge on any atom is -0.477 e. The van der Waals surface area contributed by atoms with E-state index in [2.05, 4.69) is 72.8 Å². The number of carboxylic acids is 1. The van der Waals surface area contributed by atoms with Gasteiger partial charge in [-0.2, -0.15) is 5.26 Å². The van der Waals surface area contributed by atoms with Crippen LogP contribution in [0.1, 0.15) is 27.8 Å². The summed E-state index contributed by atoms with van der Waals surface area (Å²) in [4.78, 5) is 11.2. The van der Waals surface area contributed by atoms with Crippen molar-refractivity contribution in [1.29, 1.82) is 5.26 Å². The number of ether oxygens (including phenoxy) is 1. The summed E-state index contributed by atoms with van der Waals surface area (Å²) in [7, 11) is 0. The highest BCUT2D eigenvalue weighted by Gasteiger charge is 2.19. The van der Waals surface area contributed by atoms with Crippen LogP contribution in [-0.4, -0.2) is 11.1 Å². The lowest BCUT2D eigenvalue weighted by atomic mass is 9.89. The fraction of sp³-hybridized carbons (Fsp3) is 0. The molecule has 0 spiro atoms. The molecule has 4 heteroatoms. The standard InChI is InChI=1S/C40H27NO3/c41-27-36(40(42)43)24-28-16-18-29(19-17-28)30-20-22-34(23-21-30)39(33-14-8-3-9-15-33)35-25-37(31-10-4-1-5-11-31)44-38(26-35)32-12-6-2-7-13-32/h1-26H,(H,42,43)/b36-24-. The SMILES string of the molecule is N#C/C(=C/c1ccc(-c2ccc(C(=C3C=C(c4ccccc4)OC(c4ccccc4)=C3)c3ccccc3)cc2)cc1)C(=O)O. The molecule has 0 saturated heterocycles. The Hall–Kier alpha value is -6.18. The molecule has 1 aliphatic heterocycles. The van der Waals surface area contributed by atoms with Crippen molar-refractivity contribution in [2.75, 3.05) is 0 Å². The zero-order valence-corrected chi connectivity index (χ0v) is 23.7. The predicted octanol–water partition coefficient (Wildman–Crippen LogP) is 9.26. The first-order valence-electron chi connectivity index (χ1n) is 14.2. The molecule has 0 radical (unpaired) electrons. The van der Waals surface area contributed by atoms with Crippen molar-refractivity contribution in [3.63, 3.8) is 0 Å². The molecule has 44 heavy (non-hydrogen) atoms. The average Bonchev–Trinajstić information content (AvgIpc) is 3.09. The molecule has 0 unspecified atom stereocenters. The summed E-state index contributed by atoms with van der Waals surface area (Å²) in [5, 5.41) is 18.2. The number of hydrogen-bond donors (Lipinski definition) is 1. The van der Waals surface area contributed by atoms with Gasteiger partial charge in [0.15, 0.2) is 0 Å². The van der Waals surface area contributed by atoms with Crippen molar-refractivity contribution in [3.05, 3.63) is 191 Å². The third kappa shape index (κ3) is 6.18. The number of rotatable bonds is 7. The molecular weight excluding hydrogens is 542 g/mol. The van der Waals surface area contributed by atoms with Crippen LogP contribution in [0.3, 0.4) is 0 Å². The van der Waals surface area contributed by atoms with Crippen LogP contribution in [0.4, 0.5) is 0 Å². The van der Waals surface area contributed by atoms with Gasteiger partial charge in [-0.05, 0) is 57.2 Å². The molecule has 1 N–H and O–H groups in total. The van der Waals surface area contributed by atoms with Gasteiger partial charge in [0.25, 0.3) is 0 Å². The molecule has 0 amide bonds. The smallest absolute Gasteiger partial charge is 0.346 e. The fourth-order valence-corrected chi connectivity index (χ4v) is 5.15. The van der Waals surface area contributed by atoms with Crippen molar-refractivity contribution in [3.8, 4) is 17.2 Å². The molecule has 1 heterocycles. The predicted molar refractivity (Wildman–Crippen MR) is 175 cm³/mol. The normalized spacial score (nSPS) is 12.8. The Morgan fingerprint density at radius 2 is 1.05 bits per heavy atom. The number of carboxylic acid groups (broad SMARTS) is 1. The topological polar surface area (TPSA) is 70.3 Å². The first-order chi connectivity index (χ1) is 21.6. The molecule has 4 nitrogen and oxygen atoms in total. The maximum absolute atomic E-state index is 11.2. The van der Waals surface area contributed by atoms with Gasteiger partial charge in [-0.3, -0.25) is 0 Å². The van der Waals surface area contributed by atoms with E-state index in [0.29, 0.717) is 5.56 Å². The van der Waals surface area contributed by atoms with Crippen LogP contribution in [-0.2, 0) is 9.53 Å². The molecule has 210 valence electrons. The van der Waals surface area contributed by atoms with Gasteiger partial charge in [-0.25, -0.2) is 4.79 Å². The highest BCUT2D eigenvalue weighted by Crippen LogP contribution is 2.38. The van der Waals surface area contributed by atoms with E-state index in [1.165, 1.54) is 6.08 Å². The van der Waals surface area contributed by atoms with E-state index in [4.69, 9.17) is 15.1 Å². The number of nitriles is 1. The Morgan fingerprint density at radius 3 is 1.52 bits per heavy atom. The number of aliphatic carboxylic acids is 1. The van der Waals surface area contributed by atoms with Gasteiger partial charge in [-0.1, -0.05) is 140 Å². The van der Waals surface area contributed by atoms with Crippen LogP contribution >= 0.6 is 0 Å². The van der Waals surface area contributed by atoms with Crippen LogP contribution < -0.4 is 0 Å². The molecule has 0 saturated carbocycles. The summed E-state index contributed by atoms with van der Waals surface area (Å²) in [5.41, 5.74) is 8.63. The Kier molecular flexibility index (Phi) is 8.12.